The van der Waals surface area contributed by atoms with Crippen LogP contribution in [0.1, 0.15) is 16.7 Å². The predicted octanol–water partition coefficient (Wildman–Crippen LogP) is 15.7. The van der Waals surface area contributed by atoms with Gasteiger partial charge < -0.3 is 9.13 Å². The van der Waals surface area contributed by atoms with Gasteiger partial charge in [0.15, 0.2) is 17.5 Å². The molecule has 0 aliphatic rings. The molecule has 0 bridgehead atoms. The number of para-hydroxylation sites is 4. The van der Waals surface area contributed by atoms with E-state index in [1.165, 1.54) is 0 Å². The number of hydrogen-bond donors (Lipinski definition) is 0. The zero-order chi connectivity index (χ0) is 49.7. The first kappa shape index (κ1) is 43.3. The predicted molar refractivity (Wildman–Crippen MR) is 295 cm³/mol. The van der Waals surface area contributed by atoms with Crippen molar-refractivity contribution in [2.24, 2.45) is 0 Å². The average Bonchev–Trinajstić information content (AvgIpc) is 4.00. The van der Waals surface area contributed by atoms with Gasteiger partial charge in [0.05, 0.1) is 68.3 Å². The van der Waals surface area contributed by atoms with E-state index in [1.54, 1.807) is 0 Å². The first-order valence-electron chi connectivity index (χ1n) is 24.2. The molecule has 8 heteroatoms. The molecule has 342 valence electrons. The molecule has 0 unspecified atom stereocenters. The summed E-state index contributed by atoms with van der Waals surface area (Å²) in [6, 6.07) is 84.5. The zero-order valence-corrected chi connectivity index (χ0v) is 39.5. The highest BCUT2D eigenvalue weighted by atomic mass is 15.1. The highest BCUT2D eigenvalue weighted by molar-refractivity contribution is 6.11. The van der Waals surface area contributed by atoms with E-state index < -0.39 is 0 Å². The Kier molecular flexibility index (Phi) is 10.5. The molecule has 0 atom stereocenters. The summed E-state index contributed by atoms with van der Waals surface area (Å²) in [6.07, 6.45) is 0. The standard InChI is InChI=1S/C66H38N8/c67-39-42-17-23-45(24-18-42)46-29-31-49(32-30-46)64-70-65(56-35-33-50(47-25-19-43(40-68)20-26-47)37-62(56)73-58-13-5-1-9-52(58)53-10-2-6-14-59(53)73)72-66(71-64)57-36-34-51(48-27-21-44(41-69)22-28-48)38-63(57)74-60-15-7-3-11-54(60)55-12-4-8-16-61(55)74/h1-38H. The molecule has 0 saturated carbocycles. The van der Waals surface area contributed by atoms with E-state index in [1.807, 2.05) is 84.9 Å². The van der Waals surface area contributed by atoms with Gasteiger partial charge >= 0.3 is 0 Å². The molecule has 0 fully saturated rings. The average molecular weight is 943 g/mol. The van der Waals surface area contributed by atoms with Crippen LogP contribution in [0.15, 0.2) is 231 Å². The van der Waals surface area contributed by atoms with Crippen LogP contribution in [0, 0.1) is 34.0 Å². The van der Waals surface area contributed by atoms with Crippen LogP contribution in [-0.2, 0) is 0 Å². The number of aromatic nitrogens is 5. The third-order valence-corrected chi connectivity index (χ3v) is 13.9. The van der Waals surface area contributed by atoms with Crippen molar-refractivity contribution in [3.05, 3.63) is 247 Å². The number of benzene rings is 10. The summed E-state index contributed by atoms with van der Waals surface area (Å²) in [5, 5.41) is 33.3. The third-order valence-electron chi connectivity index (χ3n) is 13.9. The lowest BCUT2D eigenvalue weighted by molar-refractivity contribution is 1.06. The maximum absolute atomic E-state index is 9.68. The Bertz CT molecular complexity index is 4140. The lowest BCUT2D eigenvalue weighted by Gasteiger charge is -2.18. The number of hydrogen-bond acceptors (Lipinski definition) is 6. The summed E-state index contributed by atoms with van der Waals surface area (Å²) in [4.78, 5) is 16.4. The van der Waals surface area contributed by atoms with Crippen LogP contribution >= 0.6 is 0 Å². The van der Waals surface area contributed by atoms with Gasteiger partial charge in [0, 0.05) is 38.2 Å². The summed E-state index contributed by atoms with van der Waals surface area (Å²) in [5.41, 5.74) is 15.9. The largest absolute Gasteiger partial charge is 0.308 e. The van der Waals surface area contributed by atoms with Crippen molar-refractivity contribution in [2.75, 3.05) is 0 Å². The summed E-state index contributed by atoms with van der Waals surface area (Å²) in [6.45, 7) is 0. The summed E-state index contributed by atoms with van der Waals surface area (Å²) < 4.78 is 4.61. The van der Waals surface area contributed by atoms with Gasteiger partial charge in [-0.1, -0.05) is 146 Å². The van der Waals surface area contributed by atoms with E-state index in [-0.39, 0.29) is 0 Å². The summed E-state index contributed by atoms with van der Waals surface area (Å²) in [5.74, 6) is 1.45. The van der Waals surface area contributed by atoms with Gasteiger partial charge in [-0.15, -0.1) is 0 Å². The summed E-state index contributed by atoms with van der Waals surface area (Å²) >= 11 is 0. The van der Waals surface area contributed by atoms with Crippen LogP contribution < -0.4 is 0 Å². The van der Waals surface area contributed by atoms with Crippen molar-refractivity contribution >= 4 is 43.6 Å². The van der Waals surface area contributed by atoms with E-state index in [0.717, 1.165) is 105 Å². The van der Waals surface area contributed by atoms with E-state index in [2.05, 4.69) is 173 Å². The molecule has 0 aliphatic heterocycles. The molecular formula is C66H38N8. The Labute approximate surface area is 425 Å². The van der Waals surface area contributed by atoms with Crippen molar-refractivity contribution in [2.45, 2.75) is 0 Å². The maximum Gasteiger partial charge on any atom is 0.166 e. The second kappa shape index (κ2) is 17.9. The molecule has 0 radical (unpaired) electrons. The SMILES string of the molecule is N#Cc1ccc(-c2ccc(-c3nc(-c4ccc(-c5ccc(C#N)cc5)cc4-n4c5ccccc5c5ccccc54)nc(-c4ccc(-c5ccc(C#N)cc5)cc4-n4c5ccccc5c5ccccc54)n3)cc2)cc1. The molecule has 0 amide bonds. The molecule has 0 aliphatic carbocycles. The van der Waals surface area contributed by atoms with Gasteiger partial charge in [-0.2, -0.15) is 15.8 Å². The lowest BCUT2D eigenvalue weighted by atomic mass is 9.99. The number of rotatable bonds is 8. The van der Waals surface area contributed by atoms with Crippen LogP contribution in [0.4, 0.5) is 0 Å². The quantitative estimate of drug-likeness (QED) is 0.150. The van der Waals surface area contributed by atoms with Crippen molar-refractivity contribution < 1.29 is 0 Å². The normalized spacial score (nSPS) is 11.2. The van der Waals surface area contributed by atoms with Crippen molar-refractivity contribution in [3.8, 4) is 97.1 Å². The zero-order valence-electron chi connectivity index (χ0n) is 39.5. The van der Waals surface area contributed by atoms with E-state index >= 15 is 0 Å². The van der Waals surface area contributed by atoms with Crippen LogP contribution in [0.3, 0.4) is 0 Å². The van der Waals surface area contributed by atoms with Crippen molar-refractivity contribution in [1.29, 1.82) is 15.8 Å². The van der Waals surface area contributed by atoms with E-state index in [0.29, 0.717) is 34.2 Å². The number of nitriles is 3. The molecule has 74 heavy (non-hydrogen) atoms. The van der Waals surface area contributed by atoms with Crippen LogP contribution in [0.5, 0.6) is 0 Å². The molecule has 3 heterocycles. The van der Waals surface area contributed by atoms with Crippen molar-refractivity contribution in [1.82, 2.24) is 24.1 Å². The third kappa shape index (κ3) is 7.42. The van der Waals surface area contributed by atoms with Gasteiger partial charge in [0.2, 0.25) is 0 Å². The maximum atomic E-state index is 9.68. The lowest BCUT2D eigenvalue weighted by Crippen LogP contribution is -2.06. The molecule has 8 nitrogen and oxygen atoms in total. The Morgan fingerprint density at radius 2 is 0.541 bits per heavy atom. The van der Waals surface area contributed by atoms with Crippen LogP contribution in [0.2, 0.25) is 0 Å². The molecule has 13 aromatic rings. The monoisotopic (exact) mass is 942 g/mol. The fraction of sp³-hybridized carbons (Fsp3) is 0. The first-order valence-corrected chi connectivity index (χ1v) is 24.2. The Hall–Kier alpha value is -10.7. The van der Waals surface area contributed by atoms with Gasteiger partial charge in [-0.3, -0.25) is 0 Å². The number of nitrogens with zero attached hydrogens (tertiary/aromatic N) is 8. The fourth-order valence-electron chi connectivity index (χ4n) is 10.3. The summed E-state index contributed by atoms with van der Waals surface area (Å²) in [7, 11) is 0. The minimum absolute atomic E-state index is 0.480. The van der Waals surface area contributed by atoms with Gasteiger partial charge in [-0.25, -0.2) is 15.0 Å². The molecule has 0 N–H and O–H groups in total. The highest BCUT2D eigenvalue weighted by Crippen LogP contribution is 2.41. The highest BCUT2D eigenvalue weighted by Gasteiger charge is 2.23. The van der Waals surface area contributed by atoms with E-state index in [4.69, 9.17) is 15.0 Å². The molecule has 0 saturated heterocycles. The Morgan fingerprint density at radius 1 is 0.270 bits per heavy atom. The topological polar surface area (TPSA) is 120 Å². The second-order valence-corrected chi connectivity index (χ2v) is 18.2. The fourth-order valence-corrected chi connectivity index (χ4v) is 10.3. The van der Waals surface area contributed by atoms with Gasteiger partial charge in [-0.05, 0) is 118 Å². The smallest absolute Gasteiger partial charge is 0.166 e. The minimum atomic E-state index is 0.480. The molecule has 10 aromatic carbocycles. The Balaban J connectivity index is 1.09. The van der Waals surface area contributed by atoms with Crippen LogP contribution in [0.25, 0.3) is 123 Å². The second-order valence-electron chi connectivity index (χ2n) is 18.2. The molecule has 3 aromatic heterocycles. The molecule has 0 spiro atoms. The minimum Gasteiger partial charge on any atom is -0.308 e. The van der Waals surface area contributed by atoms with Crippen molar-refractivity contribution in [3.63, 3.8) is 0 Å². The first-order chi connectivity index (χ1) is 36.5. The molecular weight excluding hydrogens is 905 g/mol. The number of fused-ring (bicyclic) bond motifs is 6. The Morgan fingerprint density at radius 3 is 0.878 bits per heavy atom. The van der Waals surface area contributed by atoms with E-state index in [9.17, 15) is 15.8 Å². The van der Waals surface area contributed by atoms with Gasteiger partial charge in [0.25, 0.3) is 0 Å². The van der Waals surface area contributed by atoms with Gasteiger partial charge in [0.1, 0.15) is 0 Å². The van der Waals surface area contributed by atoms with Crippen LogP contribution in [-0.4, -0.2) is 24.1 Å². The molecule has 13 rings (SSSR count).